The Morgan fingerprint density at radius 2 is 1.56 bits per heavy atom. The van der Waals surface area contributed by atoms with E-state index < -0.39 is 0 Å². The molecule has 0 spiro atoms. The molecule has 34 heavy (non-hydrogen) atoms. The van der Waals surface area contributed by atoms with E-state index in [9.17, 15) is 14.4 Å². The topological polar surface area (TPSA) is 108 Å². The van der Waals surface area contributed by atoms with E-state index in [1.165, 1.54) is 6.92 Å². The van der Waals surface area contributed by atoms with Crippen LogP contribution in [0.2, 0.25) is 0 Å². The SMILES string of the molecule is CCN(CC(=O)Nc1ccc(NC(C)=O)cc1)CC(=O)Nc1ccnn1Cc1cccc(C)c1. The van der Waals surface area contributed by atoms with Gasteiger partial charge in [0.1, 0.15) is 5.82 Å². The Balaban J connectivity index is 1.51. The molecule has 0 aliphatic carbocycles. The highest BCUT2D eigenvalue weighted by molar-refractivity contribution is 5.95. The van der Waals surface area contributed by atoms with Crippen molar-refractivity contribution in [2.24, 2.45) is 0 Å². The first-order chi connectivity index (χ1) is 16.3. The van der Waals surface area contributed by atoms with Crippen LogP contribution in [0.1, 0.15) is 25.0 Å². The van der Waals surface area contributed by atoms with Gasteiger partial charge < -0.3 is 16.0 Å². The van der Waals surface area contributed by atoms with Crippen molar-refractivity contribution in [3.63, 3.8) is 0 Å². The number of hydrogen-bond donors (Lipinski definition) is 3. The first kappa shape index (κ1) is 24.7. The molecule has 9 heteroatoms. The molecule has 3 aromatic rings. The molecule has 3 amide bonds. The zero-order valence-corrected chi connectivity index (χ0v) is 19.7. The van der Waals surface area contributed by atoms with Crippen LogP contribution in [-0.2, 0) is 20.9 Å². The molecular formula is C25H30N6O3. The summed E-state index contributed by atoms with van der Waals surface area (Å²) in [5.74, 6) is -0.00940. The number of hydrogen-bond acceptors (Lipinski definition) is 5. The smallest absolute Gasteiger partial charge is 0.239 e. The lowest BCUT2D eigenvalue weighted by Gasteiger charge is -2.19. The van der Waals surface area contributed by atoms with Crippen LogP contribution in [0, 0.1) is 6.92 Å². The molecule has 0 fully saturated rings. The highest BCUT2D eigenvalue weighted by atomic mass is 16.2. The summed E-state index contributed by atoms with van der Waals surface area (Å²) in [4.78, 5) is 38.0. The second-order valence-corrected chi connectivity index (χ2v) is 8.02. The van der Waals surface area contributed by atoms with Crippen molar-refractivity contribution in [2.75, 3.05) is 35.6 Å². The normalized spacial score (nSPS) is 10.7. The van der Waals surface area contributed by atoms with Crippen molar-refractivity contribution in [3.05, 3.63) is 71.9 Å². The van der Waals surface area contributed by atoms with Crippen LogP contribution >= 0.6 is 0 Å². The molecule has 0 atom stereocenters. The fraction of sp³-hybridized carbons (Fsp3) is 0.280. The quantitative estimate of drug-likeness (QED) is 0.429. The number of benzene rings is 2. The van der Waals surface area contributed by atoms with E-state index in [0.29, 0.717) is 30.3 Å². The van der Waals surface area contributed by atoms with Gasteiger partial charge in [0.15, 0.2) is 0 Å². The van der Waals surface area contributed by atoms with E-state index in [2.05, 4.69) is 27.1 Å². The number of aryl methyl sites for hydroxylation is 1. The van der Waals surface area contributed by atoms with Gasteiger partial charge in [0, 0.05) is 24.4 Å². The number of carbonyl (C=O) groups excluding carboxylic acids is 3. The number of rotatable bonds is 10. The van der Waals surface area contributed by atoms with Crippen molar-refractivity contribution in [3.8, 4) is 0 Å². The van der Waals surface area contributed by atoms with Crippen molar-refractivity contribution < 1.29 is 14.4 Å². The van der Waals surface area contributed by atoms with E-state index in [-0.39, 0.29) is 30.8 Å². The lowest BCUT2D eigenvalue weighted by atomic mass is 10.1. The molecule has 9 nitrogen and oxygen atoms in total. The molecule has 3 rings (SSSR count). The summed E-state index contributed by atoms with van der Waals surface area (Å²) in [6.07, 6.45) is 1.65. The van der Waals surface area contributed by atoms with Crippen molar-refractivity contribution in [2.45, 2.75) is 27.3 Å². The van der Waals surface area contributed by atoms with Gasteiger partial charge in [0.25, 0.3) is 0 Å². The molecule has 178 valence electrons. The van der Waals surface area contributed by atoms with Gasteiger partial charge in [0.2, 0.25) is 17.7 Å². The minimum absolute atomic E-state index is 0.0694. The Morgan fingerprint density at radius 3 is 2.18 bits per heavy atom. The number of amides is 3. The molecule has 0 unspecified atom stereocenters. The van der Waals surface area contributed by atoms with Gasteiger partial charge in [-0.05, 0) is 43.3 Å². The monoisotopic (exact) mass is 462 g/mol. The van der Waals surface area contributed by atoms with Gasteiger partial charge in [-0.1, -0.05) is 36.8 Å². The molecule has 2 aromatic carbocycles. The van der Waals surface area contributed by atoms with Gasteiger partial charge in [-0.2, -0.15) is 5.10 Å². The Bertz CT molecular complexity index is 1140. The average Bonchev–Trinajstić information content (AvgIpc) is 3.20. The van der Waals surface area contributed by atoms with Crippen molar-refractivity contribution >= 4 is 34.9 Å². The van der Waals surface area contributed by atoms with Crippen LogP contribution in [0.5, 0.6) is 0 Å². The molecule has 1 aromatic heterocycles. The van der Waals surface area contributed by atoms with Gasteiger partial charge in [0.05, 0.1) is 25.8 Å². The standard InChI is InChI=1S/C25H30N6O3/c1-4-30(16-24(33)28-22-10-8-21(9-11-22)27-19(3)32)17-25(34)29-23-12-13-26-31(23)15-20-7-5-6-18(2)14-20/h5-14H,4,15-17H2,1-3H3,(H,27,32)(H,28,33)(H,29,34). The van der Waals surface area contributed by atoms with E-state index >= 15 is 0 Å². The van der Waals surface area contributed by atoms with Gasteiger partial charge in [-0.3, -0.25) is 19.3 Å². The number of carbonyl (C=O) groups is 3. The third kappa shape index (κ3) is 7.56. The van der Waals surface area contributed by atoms with Gasteiger partial charge in [-0.25, -0.2) is 4.68 Å². The largest absolute Gasteiger partial charge is 0.326 e. The van der Waals surface area contributed by atoms with E-state index in [1.54, 1.807) is 46.1 Å². The maximum atomic E-state index is 12.6. The van der Waals surface area contributed by atoms with Crippen LogP contribution in [0.15, 0.2) is 60.8 Å². The molecule has 0 aliphatic rings. The van der Waals surface area contributed by atoms with Gasteiger partial charge >= 0.3 is 0 Å². The van der Waals surface area contributed by atoms with Crippen LogP contribution in [0.3, 0.4) is 0 Å². The molecule has 0 aliphatic heterocycles. The zero-order chi connectivity index (χ0) is 24.5. The Kier molecular flexibility index (Phi) is 8.53. The fourth-order valence-electron chi connectivity index (χ4n) is 3.46. The molecule has 0 bridgehead atoms. The summed E-state index contributed by atoms with van der Waals surface area (Å²) < 4.78 is 1.74. The van der Waals surface area contributed by atoms with E-state index in [4.69, 9.17) is 0 Å². The Hall–Kier alpha value is -3.98. The molecular weight excluding hydrogens is 432 g/mol. The first-order valence-corrected chi connectivity index (χ1v) is 11.1. The molecule has 1 heterocycles. The maximum Gasteiger partial charge on any atom is 0.239 e. The van der Waals surface area contributed by atoms with Crippen LogP contribution < -0.4 is 16.0 Å². The third-order valence-corrected chi connectivity index (χ3v) is 5.07. The fourth-order valence-corrected chi connectivity index (χ4v) is 3.46. The molecule has 0 saturated carbocycles. The van der Waals surface area contributed by atoms with Gasteiger partial charge in [-0.15, -0.1) is 0 Å². The predicted molar refractivity (Wildman–Crippen MR) is 133 cm³/mol. The number of nitrogens with zero attached hydrogens (tertiary/aromatic N) is 3. The lowest BCUT2D eigenvalue weighted by molar-refractivity contribution is -0.120. The van der Waals surface area contributed by atoms with Crippen molar-refractivity contribution in [1.29, 1.82) is 0 Å². The Morgan fingerprint density at radius 1 is 0.912 bits per heavy atom. The minimum Gasteiger partial charge on any atom is -0.326 e. The number of anilines is 3. The summed E-state index contributed by atoms with van der Waals surface area (Å²) in [5.41, 5.74) is 3.52. The second-order valence-electron chi connectivity index (χ2n) is 8.02. The third-order valence-electron chi connectivity index (χ3n) is 5.07. The second kappa shape index (κ2) is 11.8. The summed E-state index contributed by atoms with van der Waals surface area (Å²) >= 11 is 0. The summed E-state index contributed by atoms with van der Waals surface area (Å²) in [7, 11) is 0. The van der Waals surface area contributed by atoms with Crippen LogP contribution in [0.25, 0.3) is 0 Å². The summed E-state index contributed by atoms with van der Waals surface area (Å²) in [6.45, 7) is 6.58. The van der Waals surface area contributed by atoms with Crippen LogP contribution in [-0.4, -0.2) is 52.0 Å². The first-order valence-electron chi connectivity index (χ1n) is 11.1. The number of aromatic nitrogens is 2. The van der Waals surface area contributed by atoms with Crippen molar-refractivity contribution in [1.82, 2.24) is 14.7 Å². The Labute approximate surface area is 199 Å². The minimum atomic E-state index is -0.230. The number of likely N-dealkylation sites (N-methyl/N-ethyl adjacent to an activating group) is 1. The predicted octanol–water partition coefficient (Wildman–Crippen LogP) is 3.10. The highest BCUT2D eigenvalue weighted by Crippen LogP contribution is 2.14. The zero-order valence-electron chi connectivity index (χ0n) is 19.7. The summed E-state index contributed by atoms with van der Waals surface area (Å²) in [6, 6.07) is 16.7. The molecule has 0 saturated heterocycles. The molecule has 3 N–H and O–H groups in total. The number of nitrogens with one attached hydrogen (secondary N) is 3. The average molecular weight is 463 g/mol. The summed E-state index contributed by atoms with van der Waals surface area (Å²) in [5, 5.41) is 12.7. The van der Waals surface area contributed by atoms with E-state index in [0.717, 1.165) is 11.1 Å². The highest BCUT2D eigenvalue weighted by Gasteiger charge is 2.15. The molecule has 0 radical (unpaired) electrons. The maximum absolute atomic E-state index is 12.6. The lowest BCUT2D eigenvalue weighted by Crippen LogP contribution is -2.38. The van der Waals surface area contributed by atoms with E-state index in [1.807, 2.05) is 32.0 Å². The van der Waals surface area contributed by atoms with Crippen LogP contribution in [0.4, 0.5) is 17.2 Å².